The lowest BCUT2D eigenvalue weighted by molar-refractivity contribution is 0.602. The Morgan fingerprint density at radius 3 is 2.79 bits per heavy atom. The highest BCUT2D eigenvalue weighted by Gasteiger charge is 2.15. The number of sulfone groups is 1. The third kappa shape index (κ3) is 1.29. The minimum atomic E-state index is -3.17. The Morgan fingerprint density at radius 2 is 2.14 bits per heavy atom. The Balaban J connectivity index is 2.93. The highest BCUT2D eigenvalue weighted by molar-refractivity contribution is 7.91. The van der Waals surface area contributed by atoms with Crippen molar-refractivity contribution >= 4 is 20.9 Å². The molecule has 0 aliphatic carbocycles. The molecule has 5 heteroatoms. The average Bonchev–Trinajstić information content (AvgIpc) is 2.44. The van der Waals surface area contributed by atoms with Crippen molar-refractivity contribution in [3.05, 3.63) is 24.5 Å². The second kappa shape index (κ2) is 2.81. The number of aromatic nitrogens is 2. The van der Waals surface area contributed by atoms with Crippen molar-refractivity contribution in [2.75, 3.05) is 6.26 Å². The molecule has 14 heavy (non-hydrogen) atoms. The third-order valence-electron chi connectivity index (χ3n) is 2.10. The molecule has 0 fully saturated rings. The lowest BCUT2D eigenvalue weighted by Gasteiger charge is -1.93. The van der Waals surface area contributed by atoms with Gasteiger partial charge in [-0.2, -0.15) is 0 Å². The number of hydrogen-bond donors (Lipinski definition) is 0. The van der Waals surface area contributed by atoms with E-state index in [4.69, 9.17) is 0 Å². The summed E-state index contributed by atoms with van der Waals surface area (Å²) in [5.41, 5.74) is 0.688. The Hall–Kier alpha value is -1.36. The predicted octanol–water partition coefficient (Wildman–Crippen LogP) is 0.977. The summed E-state index contributed by atoms with van der Waals surface area (Å²) in [5.74, 6) is 0. The SMILES string of the molecule is Cn1cc(S(C)(=O)=O)c2cccnc21. The van der Waals surface area contributed by atoms with Crippen molar-refractivity contribution in [2.45, 2.75) is 4.90 Å². The van der Waals surface area contributed by atoms with Gasteiger partial charge < -0.3 is 4.57 Å². The van der Waals surface area contributed by atoms with Crippen molar-refractivity contribution in [1.29, 1.82) is 0 Å². The first-order chi connectivity index (χ1) is 6.50. The van der Waals surface area contributed by atoms with Crippen LogP contribution in [-0.4, -0.2) is 24.2 Å². The second-order valence-electron chi connectivity index (χ2n) is 3.25. The number of nitrogens with zero attached hydrogens (tertiary/aromatic N) is 2. The van der Waals surface area contributed by atoms with E-state index in [1.54, 1.807) is 36.1 Å². The normalized spacial score (nSPS) is 12.1. The monoisotopic (exact) mass is 210 g/mol. The van der Waals surface area contributed by atoms with Crippen molar-refractivity contribution in [2.24, 2.45) is 7.05 Å². The van der Waals surface area contributed by atoms with Gasteiger partial charge in [0.1, 0.15) is 5.65 Å². The fourth-order valence-electron chi connectivity index (χ4n) is 1.47. The molecule has 0 aliphatic heterocycles. The molecule has 0 atom stereocenters. The lowest BCUT2D eigenvalue weighted by Crippen LogP contribution is -1.95. The molecule has 0 saturated carbocycles. The maximum atomic E-state index is 11.4. The Bertz CT molecular complexity index is 584. The van der Waals surface area contributed by atoms with Crippen LogP contribution in [0.3, 0.4) is 0 Å². The molecule has 0 aromatic carbocycles. The van der Waals surface area contributed by atoms with E-state index in [-0.39, 0.29) is 0 Å². The minimum absolute atomic E-state index is 0.336. The molecular weight excluding hydrogens is 200 g/mol. The lowest BCUT2D eigenvalue weighted by atomic mass is 10.3. The quantitative estimate of drug-likeness (QED) is 0.705. The number of pyridine rings is 1. The summed E-state index contributed by atoms with van der Waals surface area (Å²) in [7, 11) is -1.39. The van der Waals surface area contributed by atoms with Gasteiger partial charge in [-0.1, -0.05) is 0 Å². The van der Waals surface area contributed by atoms with E-state index in [1.165, 1.54) is 6.26 Å². The fraction of sp³-hybridized carbons (Fsp3) is 0.222. The molecule has 0 saturated heterocycles. The average molecular weight is 210 g/mol. The van der Waals surface area contributed by atoms with Crippen LogP contribution < -0.4 is 0 Å². The third-order valence-corrected chi connectivity index (χ3v) is 3.22. The molecule has 0 N–H and O–H groups in total. The second-order valence-corrected chi connectivity index (χ2v) is 5.24. The number of aryl methyl sites for hydroxylation is 1. The predicted molar refractivity (Wildman–Crippen MR) is 53.8 cm³/mol. The van der Waals surface area contributed by atoms with Gasteiger partial charge in [-0.05, 0) is 12.1 Å². The molecule has 0 aliphatic rings. The highest BCUT2D eigenvalue weighted by Crippen LogP contribution is 2.22. The largest absolute Gasteiger partial charge is 0.334 e. The first-order valence-electron chi connectivity index (χ1n) is 4.10. The molecule has 2 aromatic rings. The van der Waals surface area contributed by atoms with Crippen molar-refractivity contribution in [3.63, 3.8) is 0 Å². The standard InChI is InChI=1S/C9H10N2O2S/c1-11-6-8(14(2,12)13)7-4-3-5-10-9(7)11/h3-6H,1-2H3. The Labute approximate surface area is 82.1 Å². The van der Waals surface area contributed by atoms with Crippen LogP contribution in [0, 0.1) is 0 Å². The van der Waals surface area contributed by atoms with Gasteiger partial charge in [-0.25, -0.2) is 13.4 Å². The molecule has 0 unspecified atom stereocenters. The van der Waals surface area contributed by atoms with Crippen LogP contribution in [-0.2, 0) is 16.9 Å². The summed E-state index contributed by atoms with van der Waals surface area (Å²) in [5, 5.41) is 0.678. The fourth-order valence-corrected chi connectivity index (χ4v) is 2.38. The van der Waals surface area contributed by atoms with Crippen LogP contribution in [0.5, 0.6) is 0 Å². The van der Waals surface area contributed by atoms with Gasteiger partial charge in [-0.15, -0.1) is 0 Å². The van der Waals surface area contributed by atoms with E-state index in [9.17, 15) is 8.42 Å². The molecule has 0 bridgehead atoms. The first-order valence-corrected chi connectivity index (χ1v) is 5.99. The van der Waals surface area contributed by atoms with Crippen LogP contribution in [0.1, 0.15) is 0 Å². The zero-order chi connectivity index (χ0) is 10.3. The van der Waals surface area contributed by atoms with Crippen LogP contribution in [0.25, 0.3) is 11.0 Å². The zero-order valence-corrected chi connectivity index (χ0v) is 8.75. The van der Waals surface area contributed by atoms with E-state index in [0.29, 0.717) is 15.9 Å². The van der Waals surface area contributed by atoms with Crippen LogP contribution in [0.4, 0.5) is 0 Å². The smallest absolute Gasteiger partial charge is 0.177 e. The van der Waals surface area contributed by atoms with E-state index < -0.39 is 9.84 Å². The zero-order valence-electron chi connectivity index (χ0n) is 7.93. The van der Waals surface area contributed by atoms with Crippen LogP contribution in [0.15, 0.2) is 29.4 Å². The van der Waals surface area contributed by atoms with E-state index in [2.05, 4.69) is 4.98 Å². The van der Waals surface area contributed by atoms with Gasteiger partial charge >= 0.3 is 0 Å². The van der Waals surface area contributed by atoms with Crippen molar-refractivity contribution in [1.82, 2.24) is 9.55 Å². The minimum Gasteiger partial charge on any atom is -0.334 e. The molecule has 0 amide bonds. The molecule has 2 rings (SSSR count). The van der Waals surface area contributed by atoms with Gasteiger partial charge in [0, 0.05) is 31.1 Å². The molecule has 2 heterocycles. The summed E-state index contributed by atoms with van der Waals surface area (Å²) in [6.45, 7) is 0. The molecule has 2 aromatic heterocycles. The summed E-state index contributed by atoms with van der Waals surface area (Å²) in [6.07, 6.45) is 4.44. The van der Waals surface area contributed by atoms with Gasteiger partial charge in [0.2, 0.25) is 0 Å². The topological polar surface area (TPSA) is 52.0 Å². The summed E-state index contributed by atoms with van der Waals surface area (Å²) in [6, 6.07) is 3.50. The number of fused-ring (bicyclic) bond motifs is 1. The molecule has 0 radical (unpaired) electrons. The molecular formula is C9H10N2O2S. The van der Waals surface area contributed by atoms with E-state index >= 15 is 0 Å². The van der Waals surface area contributed by atoms with Gasteiger partial charge in [0.05, 0.1) is 4.90 Å². The van der Waals surface area contributed by atoms with Crippen LogP contribution in [0.2, 0.25) is 0 Å². The summed E-state index contributed by atoms with van der Waals surface area (Å²) in [4.78, 5) is 4.45. The van der Waals surface area contributed by atoms with Gasteiger partial charge in [-0.3, -0.25) is 0 Å². The highest BCUT2D eigenvalue weighted by atomic mass is 32.2. The van der Waals surface area contributed by atoms with Crippen molar-refractivity contribution < 1.29 is 8.42 Å². The van der Waals surface area contributed by atoms with Crippen LogP contribution >= 0.6 is 0 Å². The summed E-state index contributed by atoms with van der Waals surface area (Å²) < 4.78 is 24.6. The van der Waals surface area contributed by atoms with E-state index in [0.717, 1.165) is 0 Å². The number of rotatable bonds is 1. The maximum absolute atomic E-state index is 11.4. The molecule has 74 valence electrons. The molecule has 4 nitrogen and oxygen atoms in total. The summed E-state index contributed by atoms with van der Waals surface area (Å²) >= 11 is 0. The first kappa shape index (κ1) is 9.21. The number of hydrogen-bond acceptors (Lipinski definition) is 3. The van der Waals surface area contributed by atoms with Gasteiger partial charge in [0.25, 0.3) is 0 Å². The Morgan fingerprint density at radius 1 is 1.43 bits per heavy atom. The van der Waals surface area contributed by atoms with Gasteiger partial charge in [0.15, 0.2) is 9.84 Å². The Kier molecular flexibility index (Phi) is 1.85. The molecule has 0 spiro atoms. The van der Waals surface area contributed by atoms with E-state index in [1.807, 2.05) is 0 Å². The van der Waals surface area contributed by atoms with Crippen molar-refractivity contribution in [3.8, 4) is 0 Å². The maximum Gasteiger partial charge on any atom is 0.177 e.